The molecule has 2 aromatic heterocycles. The summed E-state index contributed by atoms with van der Waals surface area (Å²) < 4.78 is 30.9. The van der Waals surface area contributed by atoms with Crippen molar-refractivity contribution in [1.82, 2.24) is 14.5 Å². The van der Waals surface area contributed by atoms with Crippen LogP contribution < -0.4 is 11.1 Å². The molecule has 1 aliphatic heterocycles. The van der Waals surface area contributed by atoms with Gasteiger partial charge in [0, 0.05) is 61.1 Å². The minimum Gasteiger partial charge on any atom is -0.462 e. The summed E-state index contributed by atoms with van der Waals surface area (Å²) >= 11 is 0. The normalized spacial score (nSPS) is 16.8. The van der Waals surface area contributed by atoms with Gasteiger partial charge in [-0.25, -0.2) is 9.59 Å². The highest BCUT2D eigenvalue weighted by Crippen LogP contribution is 2.25. The van der Waals surface area contributed by atoms with Crippen LogP contribution in [0.5, 0.6) is 0 Å². The molecule has 0 bridgehead atoms. The zero-order valence-corrected chi connectivity index (χ0v) is 32.2. The number of nitrogens with one attached hydrogen (secondary N) is 1. The van der Waals surface area contributed by atoms with E-state index in [0.29, 0.717) is 13.0 Å². The lowest BCUT2D eigenvalue weighted by Gasteiger charge is -2.23. The molecule has 53 heavy (non-hydrogen) atoms. The van der Waals surface area contributed by atoms with Gasteiger partial charge in [-0.05, 0) is 57.9 Å². The van der Waals surface area contributed by atoms with Gasteiger partial charge < -0.3 is 54.1 Å². The molecule has 15 heteroatoms. The Hall–Kier alpha value is -4.18. The lowest BCUT2D eigenvalue weighted by Crippen LogP contribution is -2.46. The predicted molar refractivity (Wildman–Crippen MR) is 202 cm³/mol. The fraction of sp³-hybridized carbons (Fsp3) is 0.500. The Morgan fingerprint density at radius 1 is 0.943 bits per heavy atom. The van der Waals surface area contributed by atoms with Crippen molar-refractivity contribution in [3.63, 3.8) is 0 Å². The minimum absolute atomic E-state index is 0. The number of esters is 2. The third-order valence-corrected chi connectivity index (χ3v) is 8.21. The molecular weight excluding hydrogens is 708 g/mol. The lowest BCUT2D eigenvalue weighted by molar-refractivity contribution is -0.159. The monoisotopic (exact) mass is 760 g/mol. The molecular formula is C38H53ClN4O10. The number of para-hydroxylation sites is 2. The summed E-state index contributed by atoms with van der Waals surface area (Å²) in [7, 11) is 3.88. The number of carbonyl (C=O) groups excluding carboxylic acids is 3. The average Bonchev–Trinajstić information content (AvgIpc) is 3.72. The zero-order valence-electron chi connectivity index (χ0n) is 31.4. The highest BCUT2D eigenvalue weighted by atomic mass is 35.5. The van der Waals surface area contributed by atoms with Crippen LogP contribution in [0.25, 0.3) is 21.8 Å². The van der Waals surface area contributed by atoms with Gasteiger partial charge in [0.15, 0.2) is 5.79 Å². The van der Waals surface area contributed by atoms with Crippen molar-refractivity contribution in [3.05, 3.63) is 72.1 Å². The van der Waals surface area contributed by atoms with Gasteiger partial charge in [-0.1, -0.05) is 36.4 Å². The molecule has 0 aliphatic carbocycles. The number of halogens is 1. The summed E-state index contributed by atoms with van der Waals surface area (Å²) in [5, 5.41) is 22.6. The fourth-order valence-corrected chi connectivity index (χ4v) is 5.82. The summed E-state index contributed by atoms with van der Waals surface area (Å²) in [6.07, 6.45) is 2.44. The van der Waals surface area contributed by atoms with Gasteiger partial charge in [0.1, 0.15) is 43.1 Å². The maximum absolute atomic E-state index is 12.9. The number of amides is 1. The number of hydrogen-bond acceptors (Lipinski definition) is 11. The first kappa shape index (κ1) is 43.2. The van der Waals surface area contributed by atoms with Crippen molar-refractivity contribution in [2.75, 3.05) is 26.4 Å². The van der Waals surface area contributed by atoms with Crippen LogP contribution in [-0.4, -0.2) is 99.5 Å². The van der Waals surface area contributed by atoms with Crippen molar-refractivity contribution in [3.8, 4) is 0 Å². The number of hydrogen-bond donors (Lipinski definition) is 4. The van der Waals surface area contributed by atoms with Gasteiger partial charge in [0.2, 0.25) is 0 Å². The van der Waals surface area contributed by atoms with Crippen LogP contribution in [0.4, 0.5) is 4.79 Å². The molecule has 5 rings (SSSR count). The van der Waals surface area contributed by atoms with Crippen molar-refractivity contribution < 1.29 is 48.3 Å². The first-order chi connectivity index (χ1) is 24.5. The lowest BCUT2D eigenvalue weighted by atomic mass is 10.1. The van der Waals surface area contributed by atoms with Crippen LogP contribution in [0.2, 0.25) is 0 Å². The Bertz CT molecular complexity index is 1830. The largest absolute Gasteiger partial charge is 0.462 e. The number of fused-ring (bicyclic) bond motifs is 2. The van der Waals surface area contributed by atoms with E-state index in [-0.39, 0.29) is 38.1 Å². The van der Waals surface area contributed by atoms with E-state index >= 15 is 0 Å². The number of aliphatic hydroxyl groups excluding tert-OH is 2. The highest BCUT2D eigenvalue weighted by molar-refractivity contribution is 5.87. The van der Waals surface area contributed by atoms with Gasteiger partial charge in [0.05, 0.1) is 13.2 Å². The van der Waals surface area contributed by atoms with E-state index in [1.165, 1.54) is 0 Å². The van der Waals surface area contributed by atoms with E-state index in [0.717, 1.165) is 32.9 Å². The molecule has 0 radical (unpaired) electrons. The number of nitrogens with two attached hydrogens (primary N) is 1. The Balaban J connectivity index is 0.000000301. The van der Waals surface area contributed by atoms with Crippen molar-refractivity contribution in [2.45, 2.75) is 83.1 Å². The molecule has 0 saturated carbocycles. The molecule has 1 saturated heterocycles. The molecule has 2 unspecified atom stereocenters. The minimum atomic E-state index is -1.07. The number of carbonyl (C=O) groups is 3. The molecule has 5 N–H and O–H groups in total. The van der Waals surface area contributed by atoms with E-state index < -0.39 is 54.2 Å². The number of aromatic nitrogens is 2. The van der Waals surface area contributed by atoms with Gasteiger partial charge in [-0.3, -0.25) is 4.79 Å². The second-order valence-electron chi connectivity index (χ2n) is 14.3. The molecule has 3 heterocycles. The van der Waals surface area contributed by atoms with Gasteiger partial charge >= 0.3 is 18.0 Å². The second-order valence-corrected chi connectivity index (χ2v) is 14.3. The number of nitrogens with zero attached hydrogens (tertiary/aromatic N) is 2. The Morgan fingerprint density at radius 3 is 2.00 bits per heavy atom. The Morgan fingerprint density at radius 2 is 1.49 bits per heavy atom. The summed E-state index contributed by atoms with van der Waals surface area (Å²) in [5.74, 6) is -1.84. The fourth-order valence-electron chi connectivity index (χ4n) is 5.82. The predicted octanol–water partition coefficient (Wildman–Crippen LogP) is 3.68. The third-order valence-electron chi connectivity index (χ3n) is 8.21. The standard InChI is InChI=1S/C23H32N2O6.C15H20N2O4.ClH/c1-22(2,3)31-21(27)24-18(20(26)28-13-16-14-29-23(4,5)30-16)11-15-12-25(6)19-10-8-7-9-17(15)19;1-17-7-10(12-4-2-3-5-14(12)17)6-13(16)15(20)21-9-11(19)8-18;/h7-10,12,16,18H,11,13-14H2,1-6H3,(H,24,27);2-5,7,11,13,18-19H,6,8-9,16H2,1H3;1H/t16?,18-;11?,13-;/m11./s1. The summed E-state index contributed by atoms with van der Waals surface area (Å²) in [4.78, 5) is 37.1. The molecule has 14 nitrogen and oxygen atoms in total. The molecule has 1 fully saturated rings. The first-order valence-corrected chi connectivity index (χ1v) is 17.2. The van der Waals surface area contributed by atoms with Crippen LogP contribution >= 0.6 is 12.4 Å². The first-order valence-electron chi connectivity index (χ1n) is 17.2. The SMILES string of the molecule is Cl.Cn1cc(C[C@@H](N)C(=O)OCC(O)CO)c2ccccc21.Cn1cc(C[C@@H](NC(=O)OC(C)(C)C)C(=O)OCC2COC(C)(C)O2)c2ccccc21. The van der Waals surface area contributed by atoms with Crippen LogP contribution in [-0.2, 0) is 60.2 Å². The van der Waals surface area contributed by atoms with Crippen LogP contribution in [0.3, 0.4) is 0 Å². The number of benzene rings is 2. The zero-order chi connectivity index (χ0) is 38.2. The molecule has 292 valence electrons. The van der Waals surface area contributed by atoms with Gasteiger partial charge in [-0.2, -0.15) is 0 Å². The maximum atomic E-state index is 12.9. The highest BCUT2D eigenvalue weighted by Gasteiger charge is 2.34. The number of ether oxygens (including phenoxy) is 5. The number of aliphatic hydroxyl groups is 2. The topological polar surface area (TPSA) is 186 Å². The number of alkyl carbamates (subject to hydrolysis) is 1. The van der Waals surface area contributed by atoms with Crippen molar-refractivity contribution in [1.29, 1.82) is 0 Å². The van der Waals surface area contributed by atoms with E-state index in [4.69, 9.17) is 39.6 Å². The van der Waals surface area contributed by atoms with Gasteiger partial charge in [-0.15, -0.1) is 12.4 Å². The third kappa shape index (κ3) is 12.4. The number of aryl methyl sites for hydroxylation is 2. The molecule has 1 aliphatic rings. The van der Waals surface area contributed by atoms with E-state index in [1.54, 1.807) is 20.8 Å². The van der Waals surface area contributed by atoms with Crippen molar-refractivity contribution in [2.24, 2.45) is 19.8 Å². The molecule has 4 atom stereocenters. The summed E-state index contributed by atoms with van der Waals surface area (Å²) in [6, 6.07) is 14.1. The smallest absolute Gasteiger partial charge is 0.408 e. The van der Waals surface area contributed by atoms with E-state index in [1.807, 2.05) is 98.0 Å². The van der Waals surface area contributed by atoms with E-state index in [9.17, 15) is 14.4 Å². The quantitative estimate of drug-likeness (QED) is 0.122. The molecule has 0 spiro atoms. The van der Waals surface area contributed by atoms with Gasteiger partial charge in [0.25, 0.3) is 0 Å². The second kappa shape index (κ2) is 18.7. The number of rotatable bonds is 12. The van der Waals surface area contributed by atoms with Crippen LogP contribution in [0.1, 0.15) is 45.7 Å². The summed E-state index contributed by atoms with van der Waals surface area (Å²) in [5.41, 5.74) is 9.18. The summed E-state index contributed by atoms with van der Waals surface area (Å²) in [6.45, 7) is 8.60. The van der Waals surface area contributed by atoms with E-state index in [2.05, 4.69) is 5.32 Å². The van der Waals surface area contributed by atoms with Crippen LogP contribution in [0, 0.1) is 0 Å². The molecule has 4 aromatic rings. The maximum Gasteiger partial charge on any atom is 0.408 e. The average molecular weight is 761 g/mol. The molecule has 2 aromatic carbocycles. The van der Waals surface area contributed by atoms with Crippen molar-refractivity contribution >= 4 is 52.2 Å². The Kier molecular flexibility index (Phi) is 15.3. The van der Waals surface area contributed by atoms with Crippen LogP contribution in [0.15, 0.2) is 60.9 Å². The molecule has 1 amide bonds. The Labute approximate surface area is 315 Å².